The fourth-order valence-corrected chi connectivity index (χ4v) is 7.06. The van der Waals surface area contributed by atoms with Gasteiger partial charge in [0, 0.05) is 31.1 Å². The van der Waals surface area contributed by atoms with E-state index in [1.807, 2.05) is 54.6 Å². The Hall–Kier alpha value is -4.87. The van der Waals surface area contributed by atoms with E-state index in [9.17, 15) is 24.0 Å². The number of anilines is 1. The first kappa shape index (κ1) is 35.0. The van der Waals surface area contributed by atoms with Crippen LogP contribution in [0, 0.1) is 5.92 Å². The Balaban J connectivity index is 1.25. The van der Waals surface area contributed by atoms with E-state index in [0.717, 1.165) is 30.4 Å². The van der Waals surface area contributed by atoms with Crippen molar-refractivity contribution in [2.24, 2.45) is 5.92 Å². The van der Waals surface area contributed by atoms with E-state index in [1.165, 1.54) is 4.90 Å². The maximum Gasteiger partial charge on any atom is 0.410 e. The van der Waals surface area contributed by atoms with Gasteiger partial charge in [-0.25, -0.2) is 9.59 Å². The summed E-state index contributed by atoms with van der Waals surface area (Å²) >= 11 is 0. The molecule has 1 saturated carbocycles. The fourth-order valence-electron chi connectivity index (χ4n) is 7.06. The van der Waals surface area contributed by atoms with Crippen LogP contribution in [0.25, 0.3) is 0 Å². The highest BCUT2D eigenvalue weighted by Gasteiger charge is 2.61. The Morgan fingerprint density at radius 1 is 0.940 bits per heavy atom. The van der Waals surface area contributed by atoms with Crippen LogP contribution in [0.4, 0.5) is 15.3 Å². The number of carbonyl (C=O) groups excluding carboxylic acids is 5. The predicted molar refractivity (Wildman–Crippen MR) is 186 cm³/mol. The number of benzene rings is 2. The van der Waals surface area contributed by atoms with Crippen LogP contribution in [0.2, 0.25) is 0 Å². The van der Waals surface area contributed by atoms with Gasteiger partial charge in [0.25, 0.3) is 5.91 Å². The lowest BCUT2D eigenvalue weighted by atomic mass is 10.0. The first-order valence-electron chi connectivity index (χ1n) is 17.6. The summed E-state index contributed by atoms with van der Waals surface area (Å²) in [6.07, 6.45) is 5.90. The van der Waals surface area contributed by atoms with Crippen molar-refractivity contribution in [2.75, 3.05) is 11.9 Å². The molecule has 3 heterocycles. The summed E-state index contributed by atoms with van der Waals surface area (Å²) in [5.41, 5.74) is 0.709. The second-order valence-corrected chi connectivity index (χ2v) is 14.7. The number of alkyl carbamates (subject to hydrolysis) is 1. The minimum atomic E-state index is -1.21. The Morgan fingerprint density at radius 3 is 2.34 bits per heavy atom. The lowest BCUT2D eigenvalue weighted by Crippen LogP contribution is -2.57. The smallest absolute Gasteiger partial charge is 0.410 e. The molecule has 1 saturated heterocycles. The molecule has 50 heavy (non-hydrogen) atoms. The zero-order valence-electron chi connectivity index (χ0n) is 29.0. The van der Waals surface area contributed by atoms with Crippen LogP contribution >= 0.6 is 0 Å². The van der Waals surface area contributed by atoms with E-state index >= 15 is 0 Å². The summed E-state index contributed by atoms with van der Waals surface area (Å²) in [6, 6.07) is 14.8. The first-order chi connectivity index (χ1) is 23.9. The molecule has 6 rings (SSSR count). The number of fused-ring (bicyclic) bond motifs is 3. The topological polar surface area (TPSA) is 146 Å². The molecule has 0 radical (unpaired) electrons. The van der Waals surface area contributed by atoms with Crippen molar-refractivity contribution < 1.29 is 33.4 Å². The molecule has 12 heteroatoms. The molecule has 2 fully saturated rings. The van der Waals surface area contributed by atoms with Crippen molar-refractivity contribution >= 4 is 35.6 Å². The number of amides is 5. The Kier molecular flexibility index (Phi) is 10.2. The number of hydrogen-bond donors (Lipinski definition) is 3. The van der Waals surface area contributed by atoms with Gasteiger partial charge in [-0.3, -0.25) is 19.3 Å². The number of allylic oxidation sites excluding steroid dienone is 1. The number of carbonyl (C=O) groups is 5. The predicted octanol–water partition coefficient (Wildman–Crippen LogP) is 5.04. The van der Waals surface area contributed by atoms with Gasteiger partial charge in [-0.1, -0.05) is 67.5 Å². The van der Waals surface area contributed by atoms with Gasteiger partial charge in [-0.2, -0.15) is 0 Å². The molecular formula is C38H47N5O7. The number of nitrogens with zero attached hydrogens (tertiary/aromatic N) is 2. The van der Waals surface area contributed by atoms with E-state index in [2.05, 4.69) is 16.0 Å². The first-order valence-corrected chi connectivity index (χ1v) is 17.6. The van der Waals surface area contributed by atoms with Crippen molar-refractivity contribution in [1.29, 1.82) is 0 Å². The summed E-state index contributed by atoms with van der Waals surface area (Å²) in [5, 5.41) is 8.71. The van der Waals surface area contributed by atoms with Crippen LogP contribution < -0.4 is 16.0 Å². The largest absolute Gasteiger partial charge is 0.444 e. The van der Waals surface area contributed by atoms with Gasteiger partial charge in [-0.15, -0.1) is 0 Å². The number of hydrogen-bond acceptors (Lipinski definition) is 7. The molecule has 3 aliphatic heterocycles. The maximum absolute atomic E-state index is 14.3. The van der Waals surface area contributed by atoms with Crippen molar-refractivity contribution in [1.82, 2.24) is 20.4 Å². The van der Waals surface area contributed by atoms with E-state index in [1.54, 1.807) is 37.8 Å². The van der Waals surface area contributed by atoms with E-state index in [0.29, 0.717) is 38.0 Å². The van der Waals surface area contributed by atoms with Gasteiger partial charge >= 0.3 is 12.2 Å². The van der Waals surface area contributed by atoms with Crippen LogP contribution in [0.5, 0.6) is 0 Å². The monoisotopic (exact) mass is 685 g/mol. The van der Waals surface area contributed by atoms with Crippen molar-refractivity contribution in [3.8, 4) is 0 Å². The number of rotatable bonds is 4. The zero-order valence-corrected chi connectivity index (χ0v) is 29.0. The Labute approximate surface area is 292 Å². The second kappa shape index (κ2) is 14.5. The SMILES string of the molecule is CC(C)(C)OC(=O)N[C@H]1CCCCC/C=C\[C@@H]2C[C@@]2(C(=O)Nc2ccccc2)NC(=O)[C@@H]2C[C@@H](OC(=O)N3Cc4ccccc4C3)CN2C1=O. The molecule has 3 N–H and O–H groups in total. The van der Waals surface area contributed by atoms with Gasteiger partial charge in [0.1, 0.15) is 29.3 Å². The molecule has 12 nitrogen and oxygen atoms in total. The molecule has 0 bridgehead atoms. The summed E-state index contributed by atoms with van der Waals surface area (Å²) < 4.78 is 11.4. The minimum absolute atomic E-state index is 0.0392. The highest BCUT2D eigenvalue weighted by molar-refractivity contribution is 6.04. The van der Waals surface area contributed by atoms with Crippen LogP contribution in [-0.2, 0) is 36.9 Å². The number of nitrogens with one attached hydrogen (secondary N) is 3. The zero-order chi connectivity index (χ0) is 35.5. The minimum Gasteiger partial charge on any atom is -0.444 e. The van der Waals surface area contributed by atoms with Gasteiger partial charge in [-0.05, 0) is 69.7 Å². The normalized spacial score (nSPS) is 27.3. The number of ether oxygens (including phenoxy) is 2. The highest BCUT2D eigenvalue weighted by Crippen LogP contribution is 2.46. The third kappa shape index (κ3) is 8.11. The highest BCUT2D eigenvalue weighted by atomic mass is 16.6. The average molecular weight is 686 g/mol. The molecule has 5 atom stereocenters. The molecule has 0 aromatic heterocycles. The summed E-state index contributed by atoms with van der Waals surface area (Å²) in [5.74, 6) is -1.55. The Bertz CT molecular complexity index is 1610. The molecule has 0 unspecified atom stereocenters. The van der Waals surface area contributed by atoms with E-state index in [-0.39, 0.29) is 24.8 Å². The average Bonchev–Trinajstić information content (AvgIpc) is 3.37. The molecule has 1 aliphatic carbocycles. The van der Waals surface area contributed by atoms with Crippen LogP contribution in [0.15, 0.2) is 66.7 Å². The second-order valence-electron chi connectivity index (χ2n) is 14.7. The van der Waals surface area contributed by atoms with Crippen LogP contribution in [-0.4, -0.2) is 75.6 Å². The maximum atomic E-state index is 14.3. The van der Waals surface area contributed by atoms with Crippen molar-refractivity contribution in [3.63, 3.8) is 0 Å². The fraction of sp³-hybridized carbons (Fsp3) is 0.500. The van der Waals surface area contributed by atoms with Gasteiger partial charge in [0.05, 0.1) is 6.54 Å². The van der Waals surface area contributed by atoms with Crippen LogP contribution in [0.1, 0.15) is 76.8 Å². The lowest BCUT2D eigenvalue weighted by Gasteiger charge is -2.30. The van der Waals surface area contributed by atoms with Gasteiger partial charge < -0.3 is 30.3 Å². The van der Waals surface area contributed by atoms with Gasteiger partial charge in [0.2, 0.25) is 11.8 Å². The van der Waals surface area contributed by atoms with Crippen molar-refractivity contribution in [2.45, 2.75) is 108 Å². The van der Waals surface area contributed by atoms with Crippen LogP contribution in [0.3, 0.4) is 0 Å². The lowest BCUT2D eigenvalue weighted by molar-refractivity contribution is -0.141. The summed E-state index contributed by atoms with van der Waals surface area (Å²) in [6.45, 7) is 6.00. The third-order valence-electron chi connectivity index (χ3n) is 9.73. The molecule has 0 spiro atoms. The molecule has 266 valence electrons. The molecule has 5 amide bonds. The van der Waals surface area contributed by atoms with Crippen molar-refractivity contribution in [3.05, 3.63) is 77.9 Å². The molecule has 2 aromatic rings. The summed E-state index contributed by atoms with van der Waals surface area (Å²) in [7, 11) is 0. The molecular weight excluding hydrogens is 638 g/mol. The standard InChI is InChI=1S/C38H47N5O7/c1-37(2,3)50-35(47)40-30-19-11-6-4-5-8-16-27-21-38(27,34(46)39-28-17-9-7-10-18-28)41-32(44)31-20-29(24-43(31)33(30)45)49-36(48)42-22-25-14-12-13-15-26(25)23-42/h7-10,12-18,27,29-31H,4-6,11,19-24H2,1-3H3,(H,39,46)(H,40,47)(H,41,44)/b16-8-/t27-,29-,30+,31+,38-/m1/s1. The third-order valence-corrected chi connectivity index (χ3v) is 9.73. The Morgan fingerprint density at radius 2 is 1.64 bits per heavy atom. The quantitative estimate of drug-likeness (QED) is 0.383. The van der Waals surface area contributed by atoms with Gasteiger partial charge in [0.15, 0.2) is 0 Å². The summed E-state index contributed by atoms with van der Waals surface area (Å²) in [4.78, 5) is 71.6. The molecule has 2 aromatic carbocycles. The molecule has 4 aliphatic rings. The van der Waals surface area contributed by atoms with E-state index in [4.69, 9.17) is 9.47 Å². The number of para-hydroxylation sites is 1. The van der Waals surface area contributed by atoms with E-state index < -0.39 is 53.3 Å².